The van der Waals surface area contributed by atoms with Gasteiger partial charge < -0.3 is 10.0 Å². The molecule has 1 aliphatic rings. The average Bonchev–Trinajstić information content (AvgIpc) is 3.14. The molecule has 144 valence electrons. The molecule has 0 atom stereocenters. The Labute approximate surface area is 168 Å². The van der Waals surface area contributed by atoms with Crippen molar-refractivity contribution in [2.75, 3.05) is 13.1 Å². The molecule has 0 aliphatic carbocycles. The highest BCUT2D eigenvalue weighted by Crippen LogP contribution is 2.27. The van der Waals surface area contributed by atoms with Crippen LogP contribution in [0.25, 0.3) is 22.3 Å². The van der Waals surface area contributed by atoms with Crippen molar-refractivity contribution in [1.29, 1.82) is 0 Å². The lowest BCUT2D eigenvalue weighted by Gasteiger charge is -2.36. The number of aliphatic hydroxyl groups excluding tert-OH is 1. The lowest BCUT2D eigenvalue weighted by molar-refractivity contribution is 0.00603. The van der Waals surface area contributed by atoms with E-state index in [2.05, 4.69) is 5.10 Å². The van der Waals surface area contributed by atoms with E-state index in [0.29, 0.717) is 30.8 Å². The van der Waals surface area contributed by atoms with E-state index < -0.39 is 6.10 Å². The first-order valence-corrected chi connectivity index (χ1v) is 9.62. The maximum Gasteiger partial charge on any atom is 0.254 e. The molecule has 0 radical (unpaired) electrons. The monoisotopic (exact) mass is 384 g/mol. The van der Waals surface area contributed by atoms with Crippen LogP contribution in [0.4, 0.5) is 0 Å². The van der Waals surface area contributed by atoms with E-state index in [0.717, 1.165) is 22.2 Å². The molecule has 1 N–H and O–H groups in total. The van der Waals surface area contributed by atoms with Crippen LogP contribution in [-0.2, 0) is 6.54 Å². The molecule has 1 amide bonds. The van der Waals surface area contributed by atoms with Gasteiger partial charge in [0.2, 0.25) is 0 Å². The van der Waals surface area contributed by atoms with Crippen LogP contribution in [0.2, 0.25) is 0 Å². The fourth-order valence-electron chi connectivity index (χ4n) is 3.64. The third-order valence-electron chi connectivity index (χ3n) is 5.23. The van der Waals surface area contributed by atoms with Crippen LogP contribution in [0.3, 0.4) is 0 Å². The summed E-state index contributed by atoms with van der Waals surface area (Å²) >= 11 is 0. The molecule has 6 heteroatoms. The van der Waals surface area contributed by atoms with Gasteiger partial charge >= 0.3 is 0 Å². The molecule has 5 rings (SSSR count). The van der Waals surface area contributed by atoms with Gasteiger partial charge in [0.25, 0.3) is 5.91 Å². The van der Waals surface area contributed by atoms with Crippen molar-refractivity contribution in [3.05, 3.63) is 84.1 Å². The lowest BCUT2D eigenvalue weighted by atomic mass is 10.0. The number of likely N-dealkylation sites (tertiary alicyclic amines) is 1. The Hall–Kier alpha value is -3.51. The summed E-state index contributed by atoms with van der Waals surface area (Å²) in [6, 6.07) is 21.7. The van der Waals surface area contributed by atoms with E-state index in [-0.39, 0.29) is 5.91 Å². The highest BCUT2D eigenvalue weighted by Gasteiger charge is 2.31. The standard InChI is InChI=1S/C23H20N4O2/c28-18-14-26(15-18)23(29)19-11-21(17-9-5-2-6-10-17)25-22-20(19)12-24-27(22)13-16-7-3-1-4-8-16/h1-12,18,28H,13-15H2. The van der Waals surface area contributed by atoms with Crippen LogP contribution in [-0.4, -0.2) is 49.9 Å². The summed E-state index contributed by atoms with van der Waals surface area (Å²) in [6.07, 6.45) is 1.27. The van der Waals surface area contributed by atoms with E-state index in [9.17, 15) is 9.90 Å². The minimum absolute atomic E-state index is 0.0980. The zero-order valence-electron chi connectivity index (χ0n) is 15.8. The molecule has 4 aromatic rings. The average molecular weight is 384 g/mol. The molecule has 0 bridgehead atoms. The van der Waals surface area contributed by atoms with Crippen molar-refractivity contribution in [1.82, 2.24) is 19.7 Å². The molecule has 0 spiro atoms. The van der Waals surface area contributed by atoms with Gasteiger partial charge in [-0.1, -0.05) is 60.7 Å². The number of carbonyl (C=O) groups is 1. The quantitative estimate of drug-likeness (QED) is 0.587. The molecule has 0 unspecified atom stereocenters. The van der Waals surface area contributed by atoms with Crippen LogP contribution in [0.5, 0.6) is 0 Å². The highest BCUT2D eigenvalue weighted by molar-refractivity contribution is 6.06. The third-order valence-corrected chi connectivity index (χ3v) is 5.23. The summed E-state index contributed by atoms with van der Waals surface area (Å²) in [6.45, 7) is 1.30. The molecule has 2 aromatic carbocycles. The van der Waals surface area contributed by atoms with Crippen LogP contribution < -0.4 is 0 Å². The first kappa shape index (κ1) is 17.6. The van der Waals surface area contributed by atoms with Gasteiger partial charge in [0.05, 0.1) is 35.5 Å². The molecule has 1 aliphatic heterocycles. The number of hydrogen-bond donors (Lipinski definition) is 1. The fourth-order valence-corrected chi connectivity index (χ4v) is 3.64. The summed E-state index contributed by atoms with van der Waals surface area (Å²) in [7, 11) is 0. The van der Waals surface area contributed by atoms with Gasteiger partial charge in [0.15, 0.2) is 5.65 Å². The topological polar surface area (TPSA) is 71.2 Å². The summed E-state index contributed by atoms with van der Waals surface area (Å²) in [5.41, 5.74) is 4.04. The van der Waals surface area contributed by atoms with Crippen LogP contribution in [0.1, 0.15) is 15.9 Å². The molecular weight excluding hydrogens is 364 g/mol. The molecule has 2 aromatic heterocycles. The number of benzene rings is 2. The van der Waals surface area contributed by atoms with Crippen LogP contribution in [0, 0.1) is 0 Å². The fraction of sp³-hybridized carbons (Fsp3) is 0.174. The molecule has 3 heterocycles. The number of aromatic nitrogens is 3. The molecule has 0 saturated carbocycles. The van der Waals surface area contributed by atoms with Crippen LogP contribution in [0.15, 0.2) is 72.9 Å². The Balaban J connectivity index is 1.63. The normalized spacial score (nSPS) is 14.2. The van der Waals surface area contributed by atoms with E-state index in [1.807, 2.05) is 71.4 Å². The van der Waals surface area contributed by atoms with E-state index in [4.69, 9.17) is 4.98 Å². The number of pyridine rings is 1. The number of aliphatic hydroxyl groups is 1. The number of rotatable bonds is 4. The van der Waals surface area contributed by atoms with Gasteiger partial charge in [-0.3, -0.25) is 4.79 Å². The van der Waals surface area contributed by atoms with Crippen LogP contribution >= 0.6 is 0 Å². The first-order chi connectivity index (χ1) is 14.2. The molecule has 1 saturated heterocycles. The second kappa shape index (κ2) is 7.14. The molecular formula is C23H20N4O2. The zero-order chi connectivity index (χ0) is 19.8. The molecule has 6 nitrogen and oxygen atoms in total. The minimum Gasteiger partial charge on any atom is -0.389 e. The molecule has 1 fully saturated rings. The van der Waals surface area contributed by atoms with Gasteiger partial charge in [0.1, 0.15) is 0 Å². The number of fused-ring (bicyclic) bond motifs is 1. The van der Waals surface area contributed by atoms with Crippen molar-refractivity contribution in [2.45, 2.75) is 12.6 Å². The number of nitrogens with zero attached hydrogens (tertiary/aromatic N) is 4. The second-order valence-corrected chi connectivity index (χ2v) is 7.31. The van der Waals surface area contributed by atoms with Gasteiger partial charge in [-0.25, -0.2) is 9.67 Å². The van der Waals surface area contributed by atoms with Crippen molar-refractivity contribution < 1.29 is 9.90 Å². The predicted octanol–water partition coefficient (Wildman–Crippen LogP) is 2.96. The summed E-state index contributed by atoms with van der Waals surface area (Å²) in [5, 5.41) is 14.9. The predicted molar refractivity (Wildman–Crippen MR) is 110 cm³/mol. The van der Waals surface area contributed by atoms with Gasteiger partial charge in [-0.2, -0.15) is 5.10 Å². The summed E-state index contributed by atoms with van der Waals surface area (Å²) in [4.78, 5) is 19.6. The van der Waals surface area contributed by atoms with Crippen molar-refractivity contribution >= 4 is 16.9 Å². The Bertz CT molecular complexity index is 1170. The zero-order valence-corrected chi connectivity index (χ0v) is 15.8. The van der Waals surface area contributed by atoms with E-state index >= 15 is 0 Å². The van der Waals surface area contributed by atoms with E-state index in [1.54, 1.807) is 11.1 Å². The Morgan fingerprint density at radius 2 is 1.72 bits per heavy atom. The Kier molecular flexibility index (Phi) is 4.33. The number of carbonyl (C=O) groups excluding carboxylic acids is 1. The molecule has 29 heavy (non-hydrogen) atoms. The number of β-amino-alcohol motifs (C(OH)–C–C–N with tert-alkyl or cyclic N) is 1. The Morgan fingerprint density at radius 1 is 1.03 bits per heavy atom. The number of amides is 1. The smallest absolute Gasteiger partial charge is 0.254 e. The highest BCUT2D eigenvalue weighted by atomic mass is 16.3. The maximum atomic E-state index is 13.1. The van der Waals surface area contributed by atoms with E-state index in [1.165, 1.54) is 0 Å². The summed E-state index contributed by atoms with van der Waals surface area (Å²) < 4.78 is 1.83. The maximum absolute atomic E-state index is 13.1. The largest absolute Gasteiger partial charge is 0.389 e. The Morgan fingerprint density at radius 3 is 2.41 bits per heavy atom. The number of hydrogen-bond acceptors (Lipinski definition) is 4. The van der Waals surface area contributed by atoms with Gasteiger partial charge in [0, 0.05) is 18.7 Å². The summed E-state index contributed by atoms with van der Waals surface area (Å²) in [5.74, 6) is -0.0980. The third kappa shape index (κ3) is 3.28. The lowest BCUT2D eigenvalue weighted by Crippen LogP contribution is -2.53. The second-order valence-electron chi connectivity index (χ2n) is 7.31. The minimum atomic E-state index is -0.439. The first-order valence-electron chi connectivity index (χ1n) is 9.62. The SMILES string of the molecule is O=C(c1cc(-c2ccccc2)nc2c1cnn2Cc1ccccc1)N1CC(O)C1. The van der Waals surface area contributed by atoms with Gasteiger partial charge in [-0.05, 0) is 11.6 Å². The van der Waals surface area contributed by atoms with Crippen molar-refractivity contribution in [2.24, 2.45) is 0 Å². The van der Waals surface area contributed by atoms with Crippen molar-refractivity contribution in [3.63, 3.8) is 0 Å². The van der Waals surface area contributed by atoms with Crippen molar-refractivity contribution in [3.8, 4) is 11.3 Å². The van der Waals surface area contributed by atoms with Gasteiger partial charge in [-0.15, -0.1) is 0 Å².